The number of nitrogens with zero attached hydrogens (tertiary/aromatic N) is 1. The molecular formula is C7H15NO. The van der Waals surface area contributed by atoms with Crippen LogP contribution < -0.4 is 0 Å². The predicted octanol–water partition coefficient (Wildman–Crippen LogP) is 0.583. The summed E-state index contributed by atoms with van der Waals surface area (Å²) in [7, 11) is 4.21. The second-order valence-corrected chi connectivity index (χ2v) is 3.05. The zero-order chi connectivity index (χ0) is 6.85. The SMILES string of the molecule is CC1COCC1N(C)C. The molecule has 9 heavy (non-hydrogen) atoms. The molecule has 0 radical (unpaired) electrons. The number of rotatable bonds is 1. The van der Waals surface area contributed by atoms with E-state index in [2.05, 4.69) is 25.9 Å². The summed E-state index contributed by atoms with van der Waals surface area (Å²) in [5.41, 5.74) is 0. The molecule has 0 spiro atoms. The van der Waals surface area contributed by atoms with Crippen LogP contribution in [0.4, 0.5) is 0 Å². The Hall–Kier alpha value is -0.0800. The van der Waals surface area contributed by atoms with Crippen molar-refractivity contribution in [1.82, 2.24) is 4.90 Å². The lowest BCUT2D eigenvalue weighted by atomic mass is 10.1. The Bertz CT molecular complexity index is 92.9. The van der Waals surface area contributed by atoms with Crippen molar-refractivity contribution < 1.29 is 4.74 Å². The van der Waals surface area contributed by atoms with E-state index in [0.717, 1.165) is 13.2 Å². The van der Waals surface area contributed by atoms with Gasteiger partial charge < -0.3 is 9.64 Å². The Morgan fingerprint density at radius 2 is 2.00 bits per heavy atom. The Morgan fingerprint density at radius 3 is 2.22 bits per heavy atom. The fourth-order valence-corrected chi connectivity index (χ4v) is 1.31. The van der Waals surface area contributed by atoms with Crippen LogP contribution in [0.2, 0.25) is 0 Å². The van der Waals surface area contributed by atoms with Crippen LogP contribution in [0.15, 0.2) is 0 Å². The molecule has 1 saturated heterocycles. The summed E-state index contributed by atoms with van der Waals surface area (Å²) in [6.45, 7) is 4.08. The monoisotopic (exact) mass is 129 g/mol. The summed E-state index contributed by atoms with van der Waals surface area (Å²) < 4.78 is 5.29. The van der Waals surface area contributed by atoms with E-state index in [1.165, 1.54) is 0 Å². The van der Waals surface area contributed by atoms with Gasteiger partial charge in [0.1, 0.15) is 0 Å². The molecule has 1 aliphatic rings. The number of hydrogen-bond acceptors (Lipinski definition) is 2. The summed E-state index contributed by atoms with van der Waals surface area (Å²) >= 11 is 0. The Morgan fingerprint density at radius 1 is 1.33 bits per heavy atom. The molecule has 54 valence electrons. The van der Waals surface area contributed by atoms with E-state index in [-0.39, 0.29) is 0 Å². The Kier molecular flexibility index (Phi) is 2.09. The highest BCUT2D eigenvalue weighted by atomic mass is 16.5. The fourth-order valence-electron chi connectivity index (χ4n) is 1.31. The third-order valence-electron chi connectivity index (χ3n) is 1.99. The summed E-state index contributed by atoms with van der Waals surface area (Å²) in [6, 6.07) is 0.644. The van der Waals surface area contributed by atoms with Gasteiger partial charge in [-0.2, -0.15) is 0 Å². The van der Waals surface area contributed by atoms with Crippen molar-refractivity contribution in [3.05, 3.63) is 0 Å². The van der Waals surface area contributed by atoms with Gasteiger partial charge in [0, 0.05) is 6.04 Å². The van der Waals surface area contributed by atoms with Crippen LogP contribution >= 0.6 is 0 Å². The van der Waals surface area contributed by atoms with E-state index >= 15 is 0 Å². The maximum Gasteiger partial charge on any atom is 0.0625 e. The fraction of sp³-hybridized carbons (Fsp3) is 1.00. The Balaban J connectivity index is 2.40. The lowest BCUT2D eigenvalue weighted by Gasteiger charge is -2.20. The standard InChI is InChI=1S/C7H15NO/c1-6-4-9-5-7(6)8(2)3/h6-7H,4-5H2,1-3H3. The van der Waals surface area contributed by atoms with E-state index in [1.807, 2.05) is 0 Å². The van der Waals surface area contributed by atoms with Gasteiger partial charge in [0.15, 0.2) is 0 Å². The van der Waals surface area contributed by atoms with Gasteiger partial charge in [-0.15, -0.1) is 0 Å². The van der Waals surface area contributed by atoms with E-state index in [0.29, 0.717) is 12.0 Å². The number of hydrogen-bond donors (Lipinski definition) is 0. The molecule has 1 fully saturated rings. The molecule has 1 heterocycles. The zero-order valence-electron chi connectivity index (χ0n) is 6.42. The van der Waals surface area contributed by atoms with Crippen molar-refractivity contribution in [3.63, 3.8) is 0 Å². The first-order valence-corrected chi connectivity index (χ1v) is 3.46. The van der Waals surface area contributed by atoms with Crippen LogP contribution in [0.3, 0.4) is 0 Å². The highest BCUT2D eigenvalue weighted by molar-refractivity contribution is 4.77. The molecule has 0 aliphatic carbocycles. The van der Waals surface area contributed by atoms with Crippen LogP contribution in [-0.2, 0) is 4.74 Å². The van der Waals surface area contributed by atoms with Crippen molar-refractivity contribution >= 4 is 0 Å². The third-order valence-corrected chi connectivity index (χ3v) is 1.99. The smallest absolute Gasteiger partial charge is 0.0625 e. The van der Waals surface area contributed by atoms with E-state index in [9.17, 15) is 0 Å². The minimum absolute atomic E-state index is 0.644. The first kappa shape index (κ1) is 7.03. The van der Waals surface area contributed by atoms with Crippen LogP contribution in [0.25, 0.3) is 0 Å². The first-order chi connectivity index (χ1) is 4.22. The minimum Gasteiger partial charge on any atom is -0.379 e. The molecule has 0 aromatic rings. The molecule has 1 rings (SSSR count). The highest BCUT2D eigenvalue weighted by Gasteiger charge is 2.25. The van der Waals surface area contributed by atoms with Crippen LogP contribution in [-0.4, -0.2) is 38.3 Å². The molecule has 0 bridgehead atoms. The number of ether oxygens (including phenoxy) is 1. The lowest BCUT2D eigenvalue weighted by Crippen LogP contribution is -2.32. The second kappa shape index (κ2) is 2.67. The summed E-state index contributed by atoms with van der Waals surface area (Å²) in [5.74, 6) is 0.708. The molecule has 0 aromatic carbocycles. The van der Waals surface area contributed by atoms with Gasteiger partial charge in [-0.1, -0.05) is 6.92 Å². The molecule has 2 nitrogen and oxygen atoms in total. The second-order valence-electron chi connectivity index (χ2n) is 3.05. The molecule has 0 aromatic heterocycles. The predicted molar refractivity (Wildman–Crippen MR) is 37.5 cm³/mol. The Labute approximate surface area is 56.8 Å². The molecule has 2 unspecified atom stereocenters. The summed E-state index contributed by atoms with van der Waals surface area (Å²) in [4.78, 5) is 2.23. The van der Waals surface area contributed by atoms with E-state index in [4.69, 9.17) is 4.74 Å². The maximum absolute atomic E-state index is 5.29. The van der Waals surface area contributed by atoms with Crippen molar-refractivity contribution in [3.8, 4) is 0 Å². The summed E-state index contributed by atoms with van der Waals surface area (Å²) in [6.07, 6.45) is 0. The average Bonchev–Trinajstić information content (AvgIpc) is 2.13. The topological polar surface area (TPSA) is 12.5 Å². The lowest BCUT2D eigenvalue weighted by molar-refractivity contribution is 0.169. The normalized spacial score (nSPS) is 36.0. The average molecular weight is 129 g/mol. The van der Waals surface area contributed by atoms with Gasteiger partial charge in [-0.25, -0.2) is 0 Å². The minimum atomic E-state index is 0.644. The van der Waals surface area contributed by atoms with Crippen molar-refractivity contribution in [2.75, 3.05) is 27.3 Å². The molecule has 0 amide bonds. The van der Waals surface area contributed by atoms with Crippen molar-refractivity contribution in [2.45, 2.75) is 13.0 Å². The first-order valence-electron chi connectivity index (χ1n) is 3.46. The zero-order valence-corrected chi connectivity index (χ0v) is 6.42. The van der Waals surface area contributed by atoms with Crippen LogP contribution in [0, 0.1) is 5.92 Å². The molecule has 0 saturated carbocycles. The molecule has 1 aliphatic heterocycles. The quantitative estimate of drug-likeness (QED) is 0.513. The van der Waals surface area contributed by atoms with Crippen molar-refractivity contribution in [2.24, 2.45) is 5.92 Å². The number of likely N-dealkylation sites (N-methyl/N-ethyl adjacent to an activating group) is 1. The molecule has 0 N–H and O–H groups in total. The highest BCUT2D eigenvalue weighted by Crippen LogP contribution is 2.15. The van der Waals surface area contributed by atoms with Crippen LogP contribution in [0.1, 0.15) is 6.92 Å². The third kappa shape index (κ3) is 1.43. The van der Waals surface area contributed by atoms with Gasteiger partial charge in [0.25, 0.3) is 0 Å². The summed E-state index contributed by atoms with van der Waals surface area (Å²) in [5, 5.41) is 0. The molecular weight excluding hydrogens is 114 g/mol. The maximum atomic E-state index is 5.29. The van der Waals surface area contributed by atoms with Gasteiger partial charge in [-0.3, -0.25) is 0 Å². The van der Waals surface area contributed by atoms with Gasteiger partial charge >= 0.3 is 0 Å². The van der Waals surface area contributed by atoms with Gasteiger partial charge in [0.05, 0.1) is 13.2 Å². The van der Waals surface area contributed by atoms with Crippen molar-refractivity contribution in [1.29, 1.82) is 0 Å². The van der Waals surface area contributed by atoms with E-state index < -0.39 is 0 Å². The van der Waals surface area contributed by atoms with Crippen LogP contribution in [0.5, 0.6) is 0 Å². The molecule has 2 heteroatoms. The largest absolute Gasteiger partial charge is 0.379 e. The molecule has 2 atom stereocenters. The van der Waals surface area contributed by atoms with Gasteiger partial charge in [-0.05, 0) is 20.0 Å². The van der Waals surface area contributed by atoms with E-state index in [1.54, 1.807) is 0 Å². The van der Waals surface area contributed by atoms with Gasteiger partial charge in [0.2, 0.25) is 0 Å².